The third kappa shape index (κ3) is 4.39. The summed E-state index contributed by atoms with van der Waals surface area (Å²) in [5.74, 6) is 1.11. The molecule has 1 unspecified atom stereocenters. The maximum absolute atomic E-state index is 13.2. The van der Waals surface area contributed by atoms with Crippen molar-refractivity contribution < 1.29 is 23.8 Å². The Morgan fingerprint density at radius 2 is 1.93 bits per heavy atom. The molecule has 0 amide bonds. The molecule has 1 N–H and O–H groups in total. The van der Waals surface area contributed by atoms with Gasteiger partial charge in [0.05, 0.1) is 0 Å². The molecule has 7 heteroatoms. The monoisotopic (exact) mass is 407 g/mol. The predicted molar refractivity (Wildman–Crippen MR) is 105 cm³/mol. The van der Waals surface area contributed by atoms with Gasteiger partial charge in [-0.25, -0.2) is 4.39 Å². The van der Waals surface area contributed by atoms with Gasteiger partial charge in [-0.1, -0.05) is 6.07 Å². The average molecular weight is 408 g/mol. The summed E-state index contributed by atoms with van der Waals surface area (Å²) < 4.78 is 24.2. The molecule has 0 bridgehead atoms. The number of rotatable bonds is 5. The first-order valence-corrected chi connectivity index (χ1v) is 9.24. The van der Waals surface area contributed by atoms with Crippen LogP contribution >= 0.6 is 12.4 Å². The molecule has 0 aromatic heterocycles. The first-order chi connectivity index (χ1) is 13.1. The number of likely N-dealkylation sites (tertiary alicyclic amines) is 1. The Morgan fingerprint density at radius 1 is 1.14 bits per heavy atom. The molecule has 150 valence electrons. The standard InChI is InChI=1S/C21H22FNO4.ClH/c22-16-2-3-17(19(25)12-16)15-5-7-23(13-15)8-6-18(24)14-1-4-20-21(11-14)27-10-9-26-20;/h1-4,11-12,15,25H,5-10,13H2;1H. The second-order valence-electron chi connectivity index (χ2n) is 7.02. The van der Waals surface area contributed by atoms with Gasteiger partial charge in [0.25, 0.3) is 0 Å². The highest BCUT2D eigenvalue weighted by molar-refractivity contribution is 5.96. The molecule has 2 aromatic carbocycles. The van der Waals surface area contributed by atoms with Gasteiger partial charge in [-0.15, -0.1) is 12.4 Å². The number of carbonyl (C=O) groups excluding carboxylic acids is 1. The normalized spacial score (nSPS) is 18.5. The van der Waals surface area contributed by atoms with Crippen LogP contribution in [0.4, 0.5) is 4.39 Å². The van der Waals surface area contributed by atoms with E-state index in [0.29, 0.717) is 43.2 Å². The second-order valence-corrected chi connectivity index (χ2v) is 7.02. The summed E-state index contributed by atoms with van der Waals surface area (Å²) in [5.41, 5.74) is 1.41. The van der Waals surface area contributed by atoms with Crippen molar-refractivity contribution in [1.82, 2.24) is 4.90 Å². The molecule has 0 radical (unpaired) electrons. The molecule has 2 aromatic rings. The molecule has 2 aliphatic heterocycles. The van der Waals surface area contributed by atoms with Crippen molar-refractivity contribution in [2.75, 3.05) is 32.8 Å². The van der Waals surface area contributed by atoms with E-state index in [1.807, 2.05) is 0 Å². The number of halogens is 2. The molecular weight excluding hydrogens is 385 g/mol. The first kappa shape index (κ1) is 20.4. The molecule has 0 aliphatic carbocycles. The molecule has 0 saturated carbocycles. The smallest absolute Gasteiger partial charge is 0.164 e. The van der Waals surface area contributed by atoms with Crippen molar-refractivity contribution in [1.29, 1.82) is 0 Å². The maximum atomic E-state index is 13.2. The van der Waals surface area contributed by atoms with Crippen LogP contribution < -0.4 is 9.47 Å². The van der Waals surface area contributed by atoms with Gasteiger partial charge in [0.15, 0.2) is 17.3 Å². The molecule has 0 spiro atoms. The highest BCUT2D eigenvalue weighted by Gasteiger charge is 2.26. The number of fused-ring (bicyclic) bond motifs is 1. The quantitative estimate of drug-likeness (QED) is 0.764. The summed E-state index contributed by atoms with van der Waals surface area (Å²) in [6, 6.07) is 9.50. The van der Waals surface area contributed by atoms with Gasteiger partial charge >= 0.3 is 0 Å². The van der Waals surface area contributed by atoms with Crippen LogP contribution in [0.15, 0.2) is 36.4 Å². The van der Waals surface area contributed by atoms with Crippen LogP contribution in [0.25, 0.3) is 0 Å². The van der Waals surface area contributed by atoms with Crippen LogP contribution in [0, 0.1) is 5.82 Å². The van der Waals surface area contributed by atoms with Gasteiger partial charge in [0.1, 0.15) is 24.8 Å². The Morgan fingerprint density at radius 3 is 2.71 bits per heavy atom. The Kier molecular flexibility index (Phi) is 6.42. The molecule has 28 heavy (non-hydrogen) atoms. The summed E-state index contributed by atoms with van der Waals surface area (Å²) in [7, 11) is 0. The summed E-state index contributed by atoms with van der Waals surface area (Å²) in [4.78, 5) is 14.7. The number of hydrogen-bond acceptors (Lipinski definition) is 5. The zero-order chi connectivity index (χ0) is 18.8. The van der Waals surface area contributed by atoms with E-state index in [4.69, 9.17) is 9.47 Å². The molecule has 2 aliphatic rings. The Bertz CT molecular complexity index is 860. The second kappa shape index (κ2) is 8.80. The molecule has 1 fully saturated rings. The van der Waals surface area contributed by atoms with Gasteiger partial charge in [-0.2, -0.15) is 0 Å². The number of ketones is 1. The van der Waals surface area contributed by atoms with Crippen LogP contribution in [0.2, 0.25) is 0 Å². The summed E-state index contributed by atoms with van der Waals surface area (Å²) in [6.45, 7) is 3.30. The molecule has 2 heterocycles. The van der Waals surface area contributed by atoms with E-state index >= 15 is 0 Å². The van der Waals surface area contributed by atoms with E-state index in [0.717, 1.165) is 31.1 Å². The van der Waals surface area contributed by atoms with Crippen molar-refractivity contribution in [2.45, 2.75) is 18.8 Å². The van der Waals surface area contributed by atoms with E-state index in [1.54, 1.807) is 24.3 Å². The summed E-state index contributed by atoms with van der Waals surface area (Å²) in [5, 5.41) is 9.97. The number of ether oxygens (including phenoxy) is 2. The van der Waals surface area contributed by atoms with Crippen molar-refractivity contribution in [3.63, 3.8) is 0 Å². The molecule has 1 saturated heterocycles. The Hall–Kier alpha value is -2.31. The van der Waals surface area contributed by atoms with Crippen LogP contribution in [-0.2, 0) is 0 Å². The lowest BCUT2D eigenvalue weighted by atomic mass is 9.97. The van der Waals surface area contributed by atoms with E-state index in [2.05, 4.69) is 4.90 Å². The van der Waals surface area contributed by atoms with Crippen LogP contribution in [0.5, 0.6) is 17.2 Å². The van der Waals surface area contributed by atoms with Crippen molar-refractivity contribution in [3.8, 4) is 17.2 Å². The Labute approximate surface area is 169 Å². The molecular formula is C21H23ClFNO4. The lowest BCUT2D eigenvalue weighted by Gasteiger charge is -2.19. The van der Waals surface area contributed by atoms with Gasteiger partial charge < -0.3 is 19.5 Å². The zero-order valence-corrected chi connectivity index (χ0v) is 16.2. The van der Waals surface area contributed by atoms with E-state index < -0.39 is 5.82 Å². The zero-order valence-electron chi connectivity index (χ0n) is 15.4. The largest absolute Gasteiger partial charge is 0.508 e. The maximum Gasteiger partial charge on any atom is 0.164 e. The minimum Gasteiger partial charge on any atom is -0.508 e. The number of carbonyl (C=O) groups is 1. The predicted octanol–water partition coefficient (Wildman–Crippen LogP) is 3.79. The third-order valence-electron chi connectivity index (χ3n) is 5.22. The summed E-state index contributed by atoms with van der Waals surface area (Å²) in [6.07, 6.45) is 1.30. The number of phenols is 1. The Balaban J connectivity index is 0.00000225. The molecule has 4 rings (SSSR count). The molecule has 5 nitrogen and oxygen atoms in total. The fourth-order valence-corrected chi connectivity index (χ4v) is 3.77. The topological polar surface area (TPSA) is 59.0 Å². The van der Waals surface area contributed by atoms with Gasteiger partial charge in [-0.3, -0.25) is 4.79 Å². The van der Waals surface area contributed by atoms with Crippen molar-refractivity contribution in [3.05, 3.63) is 53.3 Å². The lowest BCUT2D eigenvalue weighted by molar-refractivity contribution is 0.0967. The van der Waals surface area contributed by atoms with Crippen molar-refractivity contribution >= 4 is 18.2 Å². The minimum atomic E-state index is -0.434. The average Bonchev–Trinajstić information content (AvgIpc) is 3.14. The van der Waals surface area contributed by atoms with E-state index in [1.165, 1.54) is 6.07 Å². The SMILES string of the molecule is Cl.O=C(CCN1CCC(c2ccc(F)cc2O)C1)c1ccc2c(c1)OCCO2. The first-order valence-electron chi connectivity index (χ1n) is 9.24. The number of phenolic OH excluding ortho intramolecular Hbond substituents is 1. The van der Waals surface area contributed by atoms with Gasteiger partial charge in [0, 0.05) is 37.1 Å². The van der Waals surface area contributed by atoms with E-state index in [9.17, 15) is 14.3 Å². The minimum absolute atomic E-state index is 0. The third-order valence-corrected chi connectivity index (χ3v) is 5.22. The van der Waals surface area contributed by atoms with Crippen molar-refractivity contribution in [2.24, 2.45) is 0 Å². The number of benzene rings is 2. The highest BCUT2D eigenvalue weighted by Crippen LogP contribution is 2.34. The molecule has 1 atom stereocenters. The lowest BCUT2D eigenvalue weighted by Crippen LogP contribution is -2.24. The number of Topliss-reactive ketones (excluding diaryl/α,β-unsaturated/α-hetero) is 1. The van der Waals surface area contributed by atoms with Gasteiger partial charge in [-0.05, 0) is 42.8 Å². The van der Waals surface area contributed by atoms with Crippen LogP contribution in [0.3, 0.4) is 0 Å². The number of nitrogens with zero attached hydrogens (tertiary/aromatic N) is 1. The fourth-order valence-electron chi connectivity index (χ4n) is 3.77. The number of hydrogen-bond donors (Lipinski definition) is 1. The number of aromatic hydroxyl groups is 1. The fraction of sp³-hybridized carbons (Fsp3) is 0.381. The highest BCUT2D eigenvalue weighted by atomic mass is 35.5. The van der Waals surface area contributed by atoms with Crippen LogP contribution in [0.1, 0.15) is 34.7 Å². The van der Waals surface area contributed by atoms with E-state index in [-0.39, 0.29) is 29.9 Å². The van der Waals surface area contributed by atoms with Gasteiger partial charge in [0.2, 0.25) is 0 Å². The summed E-state index contributed by atoms with van der Waals surface area (Å²) >= 11 is 0. The van der Waals surface area contributed by atoms with Crippen LogP contribution in [-0.4, -0.2) is 48.6 Å².